The van der Waals surface area contributed by atoms with Crippen molar-refractivity contribution in [3.05, 3.63) is 40.8 Å². The normalized spacial score (nSPS) is 10.7. The second-order valence-electron chi connectivity index (χ2n) is 4.87. The zero-order valence-corrected chi connectivity index (χ0v) is 11.4. The Morgan fingerprint density at radius 1 is 1.21 bits per heavy atom. The molecule has 1 aromatic heterocycles. The third-order valence-electron chi connectivity index (χ3n) is 3.40. The second-order valence-corrected chi connectivity index (χ2v) is 4.87. The van der Waals surface area contributed by atoms with Gasteiger partial charge in [0.15, 0.2) is 0 Å². The molecule has 0 aliphatic heterocycles. The van der Waals surface area contributed by atoms with Gasteiger partial charge in [-0.2, -0.15) is 0 Å². The van der Waals surface area contributed by atoms with Crippen LogP contribution >= 0.6 is 0 Å². The third kappa shape index (κ3) is 2.84. The van der Waals surface area contributed by atoms with Crippen molar-refractivity contribution in [2.75, 3.05) is 0 Å². The van der Waals surface area contributed by atoms with Crippen LogP contribution in [0.4, 0.5) is 0 Å². The number of rotatable bonds is 4. The van der Waals surface area contributed by atoms with E-state index in [1.54, 1.807) is 6.33 Å². The zero-order chi connectivity index (χ0) is 14.0. The SMILES string of the molecule is Cc1cc(C)c(-c2nc[nH]c2CCC(=O)O)cc1C. The average Bonchev–Trinajstić information content (AvgIpc) is 2.79. The fraction of sp³-hybridized carbons (Fsp3) is 0.333. The number of hydrogen-bond donors (Lipinski definition) is 2. The van der Waals surface area contributed by atoms with Crippen molar-refractivity contribution in [3.8, 4) is 11.3 Å². The molecule has 0 bridgehead atoms. The summed E-state index contributed by atoms with van der Waals surface area (Å²) in [5, 5.41) is 8.77. The lowest BCUT2D eigenvalue weighted by atomic mass is 9.97. The maximum absolute atomic E-state index is 10.7. The van der Waals surface area contributed by atoms with Crippen LogP contribution in [0.15, 0.2) is 18.5 Å². The van der Waals surface area contributed by atoms with E-state index in [9.17, 15) is 4.79 Å². The first-order chi connectivity index (χ1) is 8.99. The van der Waals surface area contributed by atoms with Crippen molar-refractivity contribution in [1.29, 1.82) is 0 Å². The molecule has 100 valence electrons. The minimum absolute atomic E-state index is 0.110. The molecule has 1 aromatic carbocycles. The summed E-state index contributed by atoms with van der Waals surface area (Å²) < 4.78 is 0. The molecule has 2 rings (SSSR count). The van der Waals surface area contributed by atoms with Crippen LogP contribution in [-0.2, 0) is 11.2 Å². The summed E-state index contributed by atoms with van der Waals surface area (Å²) in [5.74, 6) is -0.794. The van der Waals surface area contributed by atoms with Gasteiger partial charge in [0.1, 0.15) is 0 Å². The summed E-state index contributed by atoms with van der Waals surface area (Å²) in [7, 11) is 0. The third-order valence-corrected chi connectivity index (χ3v) is 3.40. The molecule has 2 N–H and O–H groups in total. The molecule has 0 saturated carbocycles. The molecule has 2 aromatic rings. The number of nitrogens with zero attached hydrogens (tertiary/aromatic N) is 1. The first-order valence-corrected chi connectivity index (χ1v) is 6.31. The molecular formula is C15H18N2O2. The van der Waals surface area contributed by atoms with E-state index < -0.39 is 5.97 Å². The first kappa shape index (κ1) is 13.3. The van der Waals surface area contributed by atoms with Crippen molar-refractivity contribution in [2.45, 2.75) is 33.6 Å². The van der Waals surface area contributed by atoms with E-state index >= 15 is 0 Å². The maximum atomic E-state index is 10.7. The van der Waals surface area contributed by atoms with Crippen molar-refractivity contribution >= 4 is 5.97 Å². The summed E-state index contributed by atoms with van der Waals surface area (Å²) in [6.07, 6.45) is 2.21. The summed E-state index contributed by atoms with van der Waals surface area (Å²) in [6, 6.07) is 4.26. The Balaban J connectivity index is 2.40. The number of carbonyl (C=O) groups is 1. The fourth-order valence-corrected chi connectivity index (χ4v) is 2.19. The molecule has 0 saturated heterocycles. The minimum Gasteiger partial charge on any atom is -0.481 e. The van der Waals surface area contributed by atoms with E-state index in [0.717, 1.165) is 22.5 Å². The van der Waals surface area contributed by atoms with E-state index in [1.165, 1.54) is 11.1 Å². The van der Waals surface area contributed by atoms with Crippen LogP contribution in [0, 0.1) is 20.8 Å². The maximum Gasteiger partial charge on any atom is 0.303 e. The van der Waals surface area contributed by atoms with Gasteiger partial charge in [0.2, 0.25) is 0 Å². The number of H-pyrrole nitrogens is 1. The minimum atomic E-state index is -0.794. The molecule has 0 amide bonds. The lowest BCUT2D eigenvalue weighted by molar-refractivity contribution is -0.136. The molecule has 0 spiro atoms. The van der Waals surface area contributed by atoms with E-state index in [0.29, 0.717) is 6.42 Å². The van der Waals surface area contributed by atoms with Crippen LogP contribution in [0.25, 0.3) is 11.3 Å². The Morgan fingerprint density at radius 3 is 2.58 bits per heavy atom. The smallest absolute Gasteiger partial charge is 0.303 e. The number of aromatic nitrogens is 2. The van der Waals surface area contributed by atoms with Crippen LogP contribution in [0.1, 0.15) is 28.8 Å². The molecule has 4 heteroatoms. The molecule has 0 unspecified atom stereocenters. The number of imidazole rings is 1. The van der Waals surface area contributed by atoms with Crippen LogP contribution in [0.2, 0.25) is 0 Å². The molecule has 19 heavy (non-hydrogen) atoms. The highest BCUT2D eigenvalue weighted by molar-refractivity contribution is 5.70. The highest BCUT2D eigenvalue weighted by Crippen LogP contribution is 2.27. The fourth-order valence-electron chi connectivity index (χ4n) is 2.19. The topological polar surface area (TPSA) is 66.0 Å². The number of carboxylic acid groups (broad SMARTS) is 1. The Morgan fingerprint density at radius 2 is 1.89 bits per heavy atom. The molecular weight excluding hydrogens is 240 g/mol. The van der Waals surface area contributed by atoms with Gasteiger partial charge < -0.3 is 10.1 Å². The van der Waals surface area contributed by atoms with Crippen molar-refractivity contribution in [1.82, 2.24) is 9.97 Å². The lowest BCUT2D eigenvalue weighted by Gasteiger charge is -2.09. The Hall–Kier alpha value is -2.10. The van der Waals surface area contributed by atoms with Gasteiger partial charge >= 0.3 is 5.97 Å². The van der Waals surface area contributed by atoms with Gasteiger partial charge in [-0.3, -0.25) is 4.79 Å². The van der Waals surface area contributed by atoms with E-state index in [4.69, 9.17) is 5.11 Å². The summed E-state index contributed by atoms with van der Waals surface area (Å²) in [5.41, 5.74) is 6.45. The van der Waals surface area contributed by atoms with Gasteiger partial charge in [0.05, 0.1) is 18.4 Å². The van der Waals surface area contributed by atoms with E-state index in [1.807, 2.05) is 0 Å². The molecule has 0 fully saturated rings. The molecule has 0 radical (unpaired) electrons. The second kappa shape index (κ2) is 5.26. The summed E-state index contributed by atoms with van der Waals surface area (Å²) >= 11 is 0. The lowest BCUT2D eigenvalue weighted by Crippen LogP contribution is -1.99. The quantitative estimate of drug-likeness (QED) is 0.885. The molecule has 0 aliphatic carbocycles. The molecule has 0 aliphatic rings. The van der Waals surface area contributed by atoms with Crippen LogP contribution in [0.5, 0.6) is 0 Å². The van der Waals surface area contributed by atoms with Crippen LogP contribution in [-0.4, -0.2) is 21.0 Å². The monoisotopic (exact) mass is 258 g/mol. The predicted molar refractivity (Wildman–Crippen MR) is 74.2 cm³/mol. The van der Waals surface area contributed by atoms with Crippen LogP contribution < -0.4 is 0 Å². The predicted octanol–water partition coefficient (Wildman–Crippen LogP) is 3.02. The molecule has 1 heterocycles. The number of carboxylic acids is 1. The number of aromatic amines is 1. The Labute approximate surface area is 112 Å². The van der Waals surface area contributed by atoms with Crippen LogP contribution in [0.3, 0.4) is 0 Å². The Bertz CT molecular complexity index is 615. The number of benzene rings is 1. The standard InChI is InChI=1S/C15H18N2O2/c1-9-6-11(3)12(7-10(9)2)15-13(16-8-17-15)4-5-14(18)19/h6-8H,4-5H2,1-3H3,(H,16,17)(H,18,19). The highest BCUT2D eigenvalue weighted by atomic mass is 16.4. The van der Waals surface area contributed by atoms with Gasteiger partial charge in [0.25, 0.3) is 0 Å². The van der Waals surface area contributed by atoms with E-state index in [2.05, 4.69) is 42.9 Å². The molecule has 4 nitrogen and oxygen atoms in total. The summed E-state index contributed by atoms with van der Waals surface area (Å²) in [4.78, 5) is 18.1. The number of aryl methyl sites for hydroxylation is 4. The van der Waals surface area contributed by atoms with Crippen molar-refractivity contribution < 1.29 is 9.90 Å². The van der Waals surface area contributed by atoms with Gasteiger partial charge in [0, 0.05) is 17.7 Å². The highest BCUT2D eigenvalue weighted by Gasteiger charge is 2.12. The number of aliphatic carboxylic acids is 1. The average molecular weight is 258 g/mol. The largest absolute Gasteiger partial charge is 0.481 e. The number of nitrogens with one attached hydrogen (secondary N) is 1. The zero-order valence-electron chi connectivity index (χ0n) is 11.4. The molecule has 0 atom stereocenters. The van der Waals surface area contributed by atoms with Gasteiger partial charge in [-0.15, -0.1) is 0 Å². The van der Waals surface area contributed by atoms with Gasteiger partial charge in [-0.25, -0.2) is 4.98 Å². The van der Waals surface area contributed by atoms with E-state index in [-0.39, 0.29) is 6.42 Å². The Kier molecular flexibility index (Phi) is 3.69. The van der Waals surface area contributed by atoms with Gasteiger partial charge in [-0.05, 0) is 43.5 Å². The number of hydrogen-bond acceptors (Lipinski definition) is 2. The summed E-state index contributed by atoms with van der Waals surface area (Å²) in [6.45, 7) is 6.21. The van der Waals surface area contributed by atoms with Crippen molar-refractivity contribution in [2.24, 2.45) is 0 Å². The van der Waals surface area contributed by atoms with Gasteiger partial charge in [-0.1, -0.05) is 6.07 Å². The van der Waals surface area contributed by atoms with Crippen molar-refractivity contribution in [3.63, 3.8) is 0 Å². The first-order valence-electron chi connectivity index (χ1n) is 6.31.